The van der Waals surface area contributed by atoms with E-state index in [1.165, 1.54) is 16.5 Å². The number of hydrogen-bond donors (Lipinski definition) is 1. The van der Waals surface area contributed by atoms with Crippen LogP contribution in [0.25, 0.3) is 10.8 Å². The number of ether oxygens (including phenoxy) is 1. The second kappa shape index (κ2) is 4.00. The molecule has 2 aromatic rings. The number of aromatic nitrogens is 1. The maximum atomic E-state index is 5.85. The molecule has 2 N–H and O–H groups in total. The van der Waals surface area contributed by atoms with Crippen molar-refractivity contribution in [1.29, 1.82) is 0 Å². The Morgan fingerprint density at radius 1 is 1.29 bits per heavy atom. The predicted octanol–water partition coefficient (Wildman–Crippen LogP) is 2.45. The number of rotatable bonds is 2. The van der Waals surface area contributed by atoms with E-state index >= 15 is 0 Å². The fourth-order valence-electron chi connectivity index (χ4n) is 2.52. The molecule has 1 fully saturated rings. The Kier molecular flexibility index (Phi) is 2.48. The molecule has 88 valence electrons. The molecule has 0 bridgehead atoms. The molecule has 0 unspecified atom stereocenters. The first kappa shape index (κ1) is 10.5. The van der Waals surface area contributed by atoms with Gasteiger partial charge >= 0.3 is 0 Å². The average molecular weight is 228 g/mol. The number of methoxy groups -OCH3 is 1. The van der Waals surface area contributed by atoms with Crippen molar-refractivity contribution in [2.24, 2.45) is 5.73 Å². The quantitative estimate of drug-likeness (QED) is 0.858. The minimum Gasteiger partial charge on any atom is -0.497 e. The van der Waals surface area contributed by atoms with Gasteiger partial charge in [0.1, 0.15) is 5.75 Å². The standard InChI is InChI=1S/C14H16N2O/c1-17-12-2-3-13-9(8-12)4-5-16-14(13)10-6-11(15)7-10/h2-5,8,10-11H,6-7,15H2,1H3. The first-order valence-electron chi connectivity index (χ1n) is 5.96. The summed E-state index contributed by atoms with van der Waals surface area (Å²) in [5.41, 5.74) is 7.04. The van der Waals surface area contributed by atoms with Crippen LogP contribution in [-0.2, 0) is 0 Å². The van der Waals surface area contributed by atoms with Crippen LogP contribution in [0.3, 0.4) is 0 Å². The van der Waals surface area contributed by atoms with Crippen LogP contribution in [0.1, 0.15) is 24.5 Å². The minimum absolute atomic E-state index is 0.357. The Morgan fingerprint density at radius 3 is 2.82 bits per heavy atom. The number of benzene rings is 1. The van der Waals surface area contributed by atoms with Gasteiger partial charge in [0.25, 0.3) is 0 Å². The second-order valence-electron chi connectivity index (χ2n) is 4.71. The summed E-state index contributed by atoms with van der Waals surface area (Å²) in [4.78, 5) is 4.52. The highest BCUT2D eigenvalue weighted by Gasteiger charge is 2.29. The molecule has 1 saturated carbocycles. The molecular weight excluding hydrogens is 212 g/mol. The van der Waals surface area contributed by atoms with Gasteiger partial charge in [0.15, 0.2) is 0 Å². The first-order chi connectivity index (χ1) is 8.28. The highest BCUT2D eigenvalue weighted by molar-refractivity contribution is 5.86. The number of pyridine rings is 1. The van der Waals surface area contributed by atoms with E-state index in [9.17, 15) is 0 Å². The van der Waals surface area contributed by atoms with Crippen LogP contribution >= 0.6 is 0 Å². The van der Waals surface area contributed by atoms with E-state index in [0.717, 1.165) is 18.6 Å². The molecule has 0 radical (unpaired) electrons. The fourth-order valence-corrected chi connectivity index (χ4v) is 2.52. The SMILES string of the molecule is COc1ccc2c(C3CC(N)C3)nccc2c1. The summed E-state index contributed by atoms with van der Waals surface area (Å²) < 4.78 is 5.24. The first-order valence-corrected chi connectivity index (χ1v) is 5.96. The summed E-state index contributed by atoms with van der Waals surface area (Å²) >= 11 is 0. The highest BCUT2D eigenvalue weighted by atomic mass is 16.5. The van der Waals surface area contributed by atoms with Gasteiger partial charge in [0, 0.05) is 23.5 Å². The van der Waals surface area contributed by atoms with Crippen molar-refractivity contribution in [3.8, 4) is 5.75 Å². The molecule has 0 spiro atoms. The van der Waals surface area contributed by atoms with Gasteiger partial charge in [-0.2, -0.15) is 0 Å². The van der Waals surface area contributed by atoms with E-state index in [1.54, 1.807) is 7.11 Å². The third-order valence-electron chi connectivity index (χ3n) is 3.56. The zero-order chi connectivity index (χ0) is 11.8. The van der Waals surface area contributed by atoms with Gasteiger partial charge in [-0.1, -0.05) is 0 Å². The van der Waals surface area contributed by atoms with Crippen molar-refractivity contribution >= 4 is 10.8 Å². The summed E-state index contributed by atoms with van der Waals surface area (Å²) in [6.45, 7) is 0. The third-order valence-corrected chi connectivity index (χ3v) is 3.56. The van der Waals surface area contributed by atoms with Crippen LogP contribution in [0, 0.1) is 0 Å². The Balaban J connectivity index is 2.07. The lowest BCUT2D eigenvalue weighted by atomic mass is 9.77. The third kappa shape index (κ3) is 1.76. The minimum atomic E-state index is 0.357. The maximum Gasteiger partial charge on any atom is 0.119 e. The van der Waals surface area contributed by atoms with Gasteiger partial charge in [0.05, 0.1) is 12.8 Å². The lowest BCUT2D eigenvalue weighted by Gasteiger charge is -2.32. The molecule has 17 heavy (non-hydrogen) atoms. The molecule has 1 aliphatic rings. The second-order valence-corrected chi connectivity index (χ2v) is 4.71. The van der Waals surface area contributed by atoms with Gasteiger partial charge in [-0.15, -0.1) is 0 Å². The van der Waals surface area contributed by atoms with Crippen molar-refractivity contribution in [2.45, 2.75) is 24.8 Å². The van der Waals surface area contributed by atoms with E-state index in [1.807, 2.05) is 18.3 Å². The number of nitrogens with two attached hydrogens (primary N) is 1. The van der Waals surface area contributed by atoms with E-state index in [-0.39, 0.29) is 0 Å². The average Bonchev–Trinajstić information content (AvgIpc) is 2.33. The fraction of sp³-hybridized carbons (Fsp3) is 0.357. The van der Waals surface area contributed by atoms with Crippen molar-refractivity contribution in [3.63, 3.8) is 0 Å². The maximum absolute atomic E-state index is 5.85. The zero-order valence-electron chi connectivity index (χ0n) is 9.89. The van der Waals surface area contributed by atoms with Crippen LogP contribution < -0.4 is 10.5 Å². The Hall–Kier alpha value is -1.61. The number of hydrogen-bond acceptors (Lipinski definition) is 3. The Morgan fingerprint density at radius 2 is 2.12 bits per heavy atom. The lowest BCUT2D eigenvalue weighted by molar-refractivity contribution is 0.347. The van der Waals surface area contributed by atoms with Gasteiger partial charge in [-0.25, -0.2) is 0 Å². The molecule has 0 aliphatic heterocycles. The normalized spacial score (nSPS) is 23.4. The van der Waals surface area contributed by atoms with E-state index < -0.39 is 0 Å². The molecule has 3 heteroatoms. The lowest BCUT2D eigenvalue weighted by Crippen LogP contribution is -2.35. The van der Waals surface area contributed by atoms with E-state index in [0.29, 0.717) is 12.0 Å². The monoisotopic (exact) mass is 228 g/mol. The van der Waals surface area contributed by atoms with E-state index in [2.05, 4.69) is 17.1 Å². The van der Waals surface area contributed by atoms with Crippen LogP contribution in [0.15, 0.2) is 30.5 Å². The van der Waals surface area contributed by atoms with Gasteiger partial charge in [0.2, 0.25) is 0 Å². The molecule has 1 aliphatic carbocycles. The zero-order valence-corrected chi connectivity index (χ0v) is 9.89. The van der Waals surface area contributed by atoms with E-state index in [4.69, 9.17) is 10.5 Å². The largest absolute Gasteiger partial charge is 0.497 e. The van der Waals surface area contributed by atoms with Gasteiger partial charge < -0.3 is 10.5 Å². The van der Waals surface area contributed by atoms with Crippen LogP contribution in [-0.4, -0.2) is 18.1 Å². The summed E-state index contributed by atoms with van der Waals surface area (Å²) in [7, 11) is 1.69. The molecule has 0 saturated heterocycles. The molecule has 3 rings (SSSR count). The molecule has 0 amide bonds. The van der Waals surface area contributed by atoms with Gasteiger partial charge in [-0.3, -0.25) is 4.98 Å². The summed E-state index contributed by atoms with van der Waals surface area (Å²) in [6.07, 6.45) is 3.98. The van der Waals surface area contributed by atoms with Crippen molar-refractivity contribution in [3.05, 3.63) is 36.2 Å². The molecular formula is C14H16N2O. The Bertz CT molecular complexity index is 547. The van der Waals surface area contributed by atoms with Crippen LogP contribution in [0.2, 0.25) is 0 Å². The van der Waals surface area contributed by atoms with Crippen molar-refractivity contribution in [1.82, 2.24) is 4.98 Å². The number of nitrogens with zero attached hydrogens (tertiary/aromatic N) is 1. The molecule has 1 heterocycles. The van der Waals surface area contributed by atoms with Crippen molar-refractivity contribution < 1.29 is 4.74 Å². The highest BCUT2D eigenvalue weighted by Crippen LogP contribution is 2.38. The molecule has 0 atom stereocenters. The Labute approximate surface area is 101 Å². The molecule has 1 aromatic carbocycles. The predicted molar refractivity (Wildman–Crippen MR) is 68.2 cm³/mol. The molecule has 1 aromatic heterocycles. The van der Waals surface area contributed by atoms with Crippen LogP contribution in [0.4, 0.5) is 0 Å². The van der Waals surface area contributed by atoms with Crippen LogP contribution in [0.5, 0.6) is 5.75 Å². The summed E-state index contributed by atoms with van der Waals surface area (Å²) in [6, 6.07) is 8.53. The summed E-state index contributed by atoms with van der Waals surface area (Å²) in [5.74, 6) is 1.42. The topological polar surface area (TPSA) is 48.1 Å². The number of fused-ring (bicyclic) bond motifs is 1. The summed E-state index contributed by atoms with van der Waals surface area (Å²) in [5, 5.41) is 2.42. The van der Waals surface area contributed by atoms with Gasteiger partial charge in [-0.05, 0) is 42.5 Å². The smallest absolute Gasteiger partial charge is 0.119 e. The van der Waals surface area contributed by atoms with Crippen molar-refractivity contribution in [2.75, 3.05) is 7.11 Å². The molecule has 3 nitrogen and oxygen atoms in total.